The Bertz CT molecular complexity index is 1300. The number of aromatic nitrogens is 1. The van der Waals surface area contributed by atoms with Crippen molar-refractivity contribution < 1.29 is 33.8 Å². The van der Waals surface area contributed by atoms with Gasteiger partial charge in [0, 0.05) is 25.9 Å². The standard InChI is InChI=1S/C30H41N5O7S/c1-17(2)12-23(34-25(37)10-11-26(38)42-5)28(39)33-19(4)30(41)35-15-22(36)13-24(35)29(40)31-14-20-6-8-21(9-7-20)27-18(3)32-16-43-27/h6-9,16-17,19,22-24,36H,10-15H2,1-5H3,(H,31,40)(H,33,39)(H,34,37). The second kappa shape index (κ2) is 15.6. The highest BCUT2D eigenvalue weighted by Crippen LogP contribution is 2.27. The largest absolute Gasteiger partial charge is 0.469 e. The van der Waals surface area contributed by atoms with Gasteiger partial charge in [-0.15, -0.1) is 11.3 Å². The smallest absolute Gasteiger partial charge is 0.306 e. The fourth-order valence-electron chi connectivity index (χ4n) is 4.88. The molecule has 0 spiro atoms. The molecule has 13 heteroatoms. The average molecular weight is 616 g/mol. The molecule has 3 rings (SSSR count). The monoisotopic (exact) mass is 615 g/mol. The van der Waals surface area contributed by atoms with Gasteiger partial charge in [-0.05, 0) is 37.3 Å². The first-order chi connectivity index (χ1) is 20.4. The van der Waals surface area contributed by atoms with Crippen molar-refractivity contribution in [3.63, 3.8) is 0 Å². The van der Waals surface area contributed by atoms with E-state index in [0.29, 0.717) is 6.42 Å². The molecule has 0 bridgehead atoms. The zero-order valence-corrected chi connectivity index (χ0v) is 26.0. The minimum atomic E-state index is -1.02. The van der Waals surface area contributed by atoms with E-state index in [1.807, 2.05) is 45.0 Å². The lowest BCUT2D eigenvalue weighted by atomic mass is 10.0. The molecule has 0 aliphatic carbocycles. The fraction of sp³-hybridized carbons (Fsp3) is 0.533. The SMILES string of the molecule is COC(=O)CCC(=O)NC(CC(C)C)C(=O)NC(C)C(=O)N1CC(O)CC1C(=O)NCc1ccc(-c2scnc2C)cc1. The summed E-state index contributed by atoms with van der Waals surface area (Å²) < 4.78 is 4.55. The highest BCUT2D eigenvalue weighted by atomic mass is 32.1. The van der Waals surface area contributed by atoms with Crippen LogP contribution >= 0.6 is 11.3 Å². The van der Waals surface area contributed by atoms with E-state index < -0.39 is 53.8 Å². The van der Waals surface area contributed by atoms with Crippen LogP contribution in [-0.4, -0.2) is 82.5 Å². The van der Waals surface area contributed by atoms with Gasteiger partial charge in [0.25, 0.3) is 0 Å². The summed E-state index contributed by atoms with van der Waals surface area (Å²) in [5.74, 6) is -2.45. The second-order valence-electron chi connectivity index (χ2n) is 11.1. The Balaban J connectivity index is 1.58. The fourth-order valence-corrected chi connectivity index (χ4v) is 5.69. The normalized spacial score (nSPS) is 17.7. The number of thiazole rings is 1. The zero-order chi connectivity index (χ0) is 31.7. The molecule has 0 saturated carbocycles. The summed E-state index contributed by atoms with van der Waals surface area (Å²) in [5.41, 5.74) is 4.67. The van der Waals surface area contributed by atoms with Gasteiger partial charge in [-0.3, -0.25) is 24.0 Å². The molecule has 2 heterocycles. The van der Waals surface area contributed by atoms with Gasteiger partial charge in [0.1, 0.15) is 18.1 Å². The molecule has 1 aliphatic heterocycles. The van der Waals surface area contributed by atoms with Crippen LogP contribution in [0.15, 0.2) is 29.8 Å². The highest BCUT2D eigenvalue weighted by Gasteiger charge is 2.40. The minimum Gasteiger partial charge on any atom is -0.469 e. The number of likely N-dealkylation sites (tertiary alicyclic amines) is 1. The number of nitrogens with zero attached hydrogens (tertiary/aromatic N) is 2. The van der Waals surface area contributed by atoms with Crippen molar-refractivity contribution in [3.8, 4) is 10.4 Å². The molecule has 0 radical (unpaired) electrons. The van der Waals surface area contributed by atoms with Crippen LogP contribution in [0.2, 0.25) is 0 Å². The topological polar surface area (TPSA) is 167 Å². The number of hydrogen-bond donors (Lipinski definition) is 4. The Morgan fingerprint density at radius 1 is 1.09 bits per heavy atom. The Labute approximate surface area is 255 Å². The first kappa shape index (κ1) is 33.7. The maximum atomic E-state index is 13.3. The number of esters is 1. The number of nitrogens with one attached hydrogen (secondary N) is 3. The molecule has 4 atom stereocenters. The first-order valence-electron chi connectivity index (χ1n) is 14.3. The molecule has 234 valence electrons. The average Bonchev–Trinajstić information content (AvgIpc) is 3.58. The van der Waals surface area contributed by atoms with Crippen LogP contribution in [0.4, 0.5) is 0 Å². The van der Waals surface area contributed by atoms with Crippen molar-refractivity contribution in [1.82, 2.24) is 25.8 Å². The number of benzene rings is 1. The van der Waals surface area contributed by atoms with Crippen LogP contribution in [0.3, 0.4) is 0 Å². The number of amides is 4. The number of ether oxygens (including phenoxy) is 1. The zero-order valence-electron chi connectivity index (χ0n) is 25.2. The number of rotatable bonds is 13. The number of aliphatic hydroxyl groups excluding tert-OH is 1. The summed E-state index contributed by atoms with van der Waals surface area (Å²) in [6.07, 6.45) is -0.747. The molecule has 1 aromatic heterocycles. The van der Waals surface area contributed by atoms with Gasteiger partial charge in [0.05, 0.1) is 35.7 Å². The molecule has 43 heavy (non-hydrogen) atoms. The van der Waals surface area contributed by atoms with Crippen molar-refractivity contribution in [2.24, 2.45) is 5.92 Å². The molecule has 4 N–H and O–H groups in total. The third-order valence-electron chi connectivity index (χ3n) is 7.16. The molecule has 1 aliphatic rings. The van der Waals surface area contributed by atoms with Crippen LogP contribution < -0.4 is 16.0 Å². The van der Waals surface area contributed by atoms with E-state index in [9.17, 15) is 29.1 Å². The molecule has 12 nitrogen and oxygen atoms in total. The van der Waals surface area contributed by atoms with Crippen LogP contribution in [0.5, 0.6) is 0 Å². The van der Waals surface area contributed by atoms with Crippen LogP contribution in [-0.2, 0) is 35.3 Å². The number of methoxy groups -OCH3 is 1. The van der Waals surface area contributed by atoms with E-state index in [1.165, 1.54) is 18.9 Å². The van der Waals surface area contributed by atoms with Crippen LogP contribution in [0.1, 0.15) is 57.7 Å². The van der Waals surface area contributed by atoms with E-state index in [1.54, 1.807) is 16.8 Å². The number of aryl methyl sites for hydroxylation is 1. The van der Waals surface area contributed by atoms with E-state index in [4.69, 9.17) is 0 Å². The molecule has 4 amide bonds. The summed E-state index contributed by atoms with van der Waals surface area (Å²) in [6, 6.07) is 4.94. The van der Waals surface area contributed by atoms with Gasteiger partial charge < -0.3 is 30.7 Å². The van der Waals surface area contributed by atoms with Crippen LogP contribution in [0.25, 0.3) is 10.4 Å². The molecular weight excluding hydrogens is 574 g/mol. The third kappa shape index (κ3) is 9.58. The summed E-state index contributed by atoms with van der Waals surface area (Å²) in [6.45, 7) is 7.43. The van der Waals surface area contributed by atoms with Crippen molar-refractivity contribution >= 4 is 40.9 Å². The summed E-state index contributed by atoms with van der Waals surface area (Å²) in [4.78, 5) is 69.9. The van der Waals surface area contributed by atoms with E-state index in [0.717, 1.165) is 21.7 Å². The lowest BCUT2D eigenvalue weighted by Crippen LogP contribution is -2.56. The van der Waals surface area contributed by atoms with Crippen LogP contribution in [0, 0.1) is 12.8 Å². The summed E-state index contributed by atoms with van der Waals surface area (Å²) in [5, 5.41) is 18.4. The predicted octanol–water partition coefficient (Wildman–Crippen LogP) is 1.69. The summed E-state index contributed by atoms with van der Waals surface area (Å²) in [7, 11) is 1.23. The van der Waals surface area contributed by atoms with Gasteiger partial charge in [0.15, 0.2) is 0 Å². The number of β-amino-alcohol motifs (C(OH)–C–C–N with tert-alkyl or cyclic N) is 1. The van der Waals surface area contributed by atoms with E-state index in [2.05, 4.69) is 25.7 Å². The number of carbonyl (C=O) groups excluding carboxylic acids is 5. The van der Waals surface area contributed by atoms with Gasteiger partial charge in [-0.2, -0.15) is 0 Å². The Kier molecular flexibility index (Phi) is 12.2. The van der Waals surface area contributed by atoms with E-state index >= 15 is 0 Å². The molecule has 1 saturated heterocycles. The molecule has 1 aromatic carbocycles. The second-order valence-corrected chi connectivity index (χ2v) is 12.0. The molecule has 2 aromatic rings. The minimum absolute atomic E-state index is 0.0419. The predicted molar refractivity (Wildman–Crippen MR) is 160 cm³/mol. The maximum Gasteiger partial charge on any atom is 0.306 e. The third-order valence-corrected chi connectivity index (χ3v) is 8.14. The highest BCUT2D eigenvalue weighted by molar-refractivity contribution is 7.13. The Morgan fingerprint density at radius 2 is 1.79 bits per heavy atom. The quantitative estimate of drug-likeness (QED) is 0.247. The number of carbonyl (C=O) groups is 5. The van der Waals surface area contributed by atoms with Gasteiger partial charge in [-0.25, -0.2) is 4.98 Å². The molecular formula is C30H41N5O7S. The van der Waals surface area contributed by atoms with Crippen molar-refractivity contribution in [1.29, 1.82) is 0 Å². The van der Waals surface area contributed by atoms with Gasteiger partial charge >= 0.3 is 5.97 Å². The molecule has 1 fully saturated rings. The Hall–Kier alpha value is -3.84. The molecule has 4 unspecified atom stereocenters. The lowest BCUT2D eigenvalue weighted by molar-refractivity contribution is -0.142. The Morgan fingerprint density at radius 3 is 2.40 bits per heavy atom. The summed E-state index contributed by atoms with van der Waals surface area (Å²) >= 11 is 1.56. The van der Waals surface area contributed by atoms with Crippen molar-refractivity contribution in [2.45, 2.75) is 84.2 Å². The van der Waals surface area contributed by atoms with Crippen molar-refractivity contribution in [2.75, 3.05) is 13.7 Å². The lowest BCUT2D eigenvalue weighted by Gasteiger charge is -2.28. The van der Waals surface area contributed by atoms with Gasteiger partial charge in [-0.1, -0.05) is 38.1 Å². The number of hydrogen-bond acceptors (Lipinski definition) is 9. The maximum absolute atomic E-state index is 13.3. The van der Waals surface area contributed by atoms with Crippen molar-refractivity contribution in [3.05, 3.63) is 41.0 Å². The number of aliphatic hydroxyl groups is 1. The first-order valence-corrected chi connectivity index (χ1v) is 15.2. The van der Waals surface area contributed by atoms with Gasteiger partial charge in [0.2, 0.25) is 23.6 Å². The van der Waals surface area contributed by atoms with E-state index in [-0.39, 0.29) is 38.3 Å².